The van der Waals surface area contributed by atoms with E-state index in [1.807, 2.05) is 0 Å². The molecule has 0 aliphatic carbocycles. The first kappa shape index (κ1) is 131. The summed E-state index contributed by atoms with van der Waals surface area (Å²) in [5.41, 5.74) is 0. The van der Waals surface area contributed by atoms with E-state index >= 15 is 0 Å². The molecule has 0 radical (unpaired) electrons. The first-order chi connectivity index (χ1) is 0. The molecule has 4 nitrogen and oxygen atoms in total. The maximum atomic E-state index is 0. The number of hydrogen-bond acceptors (Lipinski definition) is 0. The summed E-state index contributed by atoms with van der Waals surface area (Å²) < 4.78 is 0. The van der Waals surface area contributed by atoms with Crippen LogP contribution in [0.5, 0.6) is 0 Å². The van der Waals surface area contributed by atoms with E-state index in [-0.39, 0.29) is 61.1 Å². The molecule has 0 unspecified atom stereocenters. The molecule has 5 heteroatoms. The first-order valence-electron chi connectivity index (χ1n) is 0. The zero-order chi connectivity index (χ0) is 0. The molecule has 38 valence electrons. The van der Waals surface area contributed by atoms with Crippen LogP contribution in [-0.4, -0.2) is 59.6 Å². The van der Waals surface area contributed by atoms with Gasteiger partial charge in [-0.25, -0.2) is 0 Å². The fraction of sp³-hybridized carbons (Fsp3) is 0. The van der Waals surface area contributed by atoms with Gasteiger partial charge in [0.2, 0.25) is 0 Å². The summed E-state index contributed by atoms with van der Waals surface area (Å²) in [6.07, 6.45) is 0. The summed E-state index contributed by atoms with van der Waals surface area (Å²) in [5.74, 6) is 0. The fourth-order valence-electron chi connectivity index (χ4n) is 0. The van der Waals surface area contributed by atoms with Crippen LogP contribution in [0, 0.1) is 0 Å². The van der Waals surface area contributed by atoms with Crippen molar-refractivity contribution in [2.24, 2.45) is 0 Å². The van der Waals surface area contributed by atoms with Crippen molar-refractivity contribution in [3.05, 3.63) is 0 Å². The summed E-state index contributed by atoms with van der Waals surface area (Å²) in [4.78, 5) is 0. The quantitative estimate of drug-likeness (QED) is 0.286. The summed E-state index contributed by atoms with van der Waals surface area (Å²) in [6, 6.07) is 0. The Balaban J connectivity index is 0. The van der Waals surface area contributed by atoms with Crippen LogP contribution in [0.2, 0.25) is 0 Å². The molecule has 0 saturated carbocycles. The van der Waals surface area contributed by atoms with E-state index in [2.05, 4.69) is 0 Å². The Hall–Kier alpha value is 1.10. The number of hydrogen-bond donors (Lipinski definition) is 0. The summed E-state index contributed by atoms with van der Waals surface area (Å²) in [7, 11) is 0. The molecule has 0 fully saturated rings. The van der Waals surface area contributed by atoms with Gasteiger partial charge in [0.05, 0.1) is 0 Å². The Labute approximate surface area is 60.9 Å². The van der Waals surface area contributed by atoms with Crippen molar-refractivity contribution in [1.82, 2.24) is 0 Å². The predicted octanol–water partition coefficient (Wildman–Crippen LogP) is -3.97. The minimum atomic E-state index is 0. The van der Waals surface area contributed by atoms with Gasteiger partial charge in [0.1, 0.15) is 0 Å². The van der Waals surface area contributed by atoms with Gasteiger partial charge in [0.15, 0.2) is 0 Å². The van der Waals surface area contributed by atoms with Gasteiger partial charge in [-0.2, -0.15) is 0 Å². The largest absolute Gasteiger partial charge is 0 e. The van der Waals surface area contributed by atoms with Crippen LogP contribution in [-0.2, 0) is 0 Å². The van der Waals surface area contributed by atoms with E-state index in [0.29, 0.717) is 0 Å². The minimum Gasteiger partial charge on any atom is 0 e. The molecule has 0 aromatic carbocycles. The van der Waals surface area contributed by atoms with Gasteiger partial charge >= 0.3 is 37.7 Å². The normalized spacial score (nSPS) is 0. The molecule has 0 spiro atoms. The fourth-order valence-corrected chi connectivity index (χ4v) is 0. The maximum absolute atomic E-state index is 0. The van der Waals surface area contributed by atoms with Crippen molar-refractivity contribution in [2.75, 3.05) is 0 Å². The molecule has 0 rings (SSSR count). The predicted molar refractivity (Wildman–Crippen MR) is 25.1 cm³/mol. The standard InChI is InChI=1S/Ca.4H2O.H2.2H/h;4*1H2;1H;;. The van der Waals surface area contributed by atoms with E-state index < -0.39 is 0 Å². The molecule has 0 aliphatic heterocycles. The Morgan fingerprint density at radius 2 is 0.600 bits per heavy atom. The molecule has 0 saturated heterocycles. The smallest absolute Gasteiger partial charge is 0 e. The van der Waals surface area contributed by atoms with E-state index in [1.54, 1.807) is 0 Å². The Morgan fingerprint density at radius 3 is 0.600 bits per heavy atom. The molecule has 0 aromatic heterocycles. The van der Waals surface area contributed by atoms with E-state index in [1.165, 1.54) is 0 Å². The Kier molecular flexibility index (Phi) is 1860. The van der Waals surface area contributed by atoms with Crippen LogP contribution in [0.4, 0.5) is 0 Å². The van der Waals surface area contributed by atoms with Crippen LogP contribution in [0.1, 0.15) is 1.43 Å². The molecule has 0 aliphatic rings. The molecule has 5 heavy (non-hydrogen) atoms. The van der Waals surface area contributed by atoms with E-state index in [9.17, 15) is 0 Å². The van der Waals surface area contributed by atoms with Crippen molar-refractivity contribution in [3.63, 3.8) is 0 Å². The van der Waals surface area contributed by atoms with Gasteiger partial charge in [-0.15, -0.1) is 0 Å². The van der Waals surface area contributed by atoms with Gasteiger partial charge in [0, 0.05) is 1.43 Å². The summed E-state index contributed by atoms with van der Waals surface area (Å²) >= 11 is 0. The first-order valence-corrected chi connectivity index (χ1v) is 0. The van der Waals surface area contributed by atoms with Gasteiger partial charge < -0.3 is 21.9 Å². The Bertz CT molecular complexity index is 7.51. The van der Waals surface area contributed by atoms with Crippen molar-refractivity contribution in [3.8, 4) is 0 Å². The average Bonchev–Trinajstić information content (AvgIpc) is 0. The molecule has 0 bridgehead atoms. The third-order valence-corrected chi connectivity index (χ3v) is 0. The van der Waals surface area contributed by atoms with Crippen molar-refractivity contribution < 1.29 is 23.3 Å². The molecular formula is H12CaO4. The second-order valence-electron chi connectivity index (χ2n) is 0. The maximum Gasteiger partial charge on any atom is 0 e. The van der Waals surface area contributed by atoms with Crippen molar-refractivity contribution in [1.29, 1.82) is 0 Å². The molecule has 8 N–H and O–H groups in total. The van der Waals surface area contributed by atoms with Crippen LogP contribution < -0.4 is 0 Å². The van der Waals surface area contributed by atoms with E-state index in [0.717, 1.165) is 0 Å². The average molecular weight is 116 g/mol. The molecule has 0 amide bonds. The molecule has 0 heterocycles. The van der Waals surface area contributed by atoms with Crippen LogP contribution in [0.25, 0.3) is 0 Å². The second-order valence-corrected chi connectivity index (χ2v) is 0. The molecule has 0 atom stereocenters. The van der Waals surface area contributed by atoms with Crippen LogP contribution in [0.15, 0.2) is 0 Å². The van der Waals surface area contributed by atoms with E-state index in [4.69, 9.17) is 0 Å². The summed E-state index contributed by atoms with van der Waals surface area (Å²) in [6.45, 7) is 0. The third kappa shape index (κ3) is 40.5. The van der Waals surface area contributed by atoms with Crippen LogP contribution >= 0.6 is 0 Å². The van der Waals surface area contributed by atoms with Gasteiger partial charge in [0.25, 0.3) is 0 Å². The number of rotatable bonds is 0. The minimum absolute atomic E-state index is 0. The zero-order valence-electron chi connectivity index (χ0n) is 2.00. The Morgan fingerprint density at radius 1 is 0.600 bits per heavy atom. The van der Waals surface area contributed by atoms with Crippen LogP contribution in [0.3, 0.4) is 0 Å². The second kappa shape index (κ2) is 70.9. The zero-order valence-corrected chi connectivity index (χ0v) is 2.00. The SMILES string of the molecule is O.O.O.O.[CaH2].[HH]. The van der Waals surface area contributed by atoms with Gasteiger partial charge in [-0.1, -0.05) is 0 Å². The topological polar surface area (TPSA) is 126 Å². The molecule has 0 aromatic rings. The monoisotopic (exact) mass is 116 g/mol. The van der Waals surface area contributed by atoms with Crippen molar-refractivity contribution in [2.45, 2.75) is 0 Å². The summed E-state index contributed by atoms with van der Waals surface area (Å²) in [5, 5.41) is 0. The van der Waals surface area contributed by atoms with Gasteiger partial charge in [-0.3, -0.25) is 0 Å². The molecular weight excluding hydrogens is 104 g/mol. The third-order valence-electron chi connectivity index (χ3n) is 0. The van der Waals surface area contributed by atoms with Crippen molar-refractivity contribution >= 4 is 37.7 Å². The van der Waals surface area contributed by atoms with Gasteiger partial charge in [-0.05, 0) is 0 Å².